The fourth-order valence-corrected chi connectivity index (χ4v) is 0.621. The zero-order chi connectivity index (χ0) is 7.98. The monoisotopic (exact) mass is 137 g/mol. The van der Waals surface area contributed by atoms with Gasteiger partial charge in [-0.25, -0.2) is 0 Å². The molecule has 0 aromatic heterocycles. The number of rotatable bonds is 2. The van der Waals surface area contributed by atoms with Crippen LogP contribution in [0, 0.1) is 0 Å². The molecule has 0 aromatic carbocycles. The summed E-state index contributed by atoms with van der Waals surface area (Å²) in [6.45, 7) is 7.96. The molecular weight excluding hydrogens is 122 g/mol. The average molecular weight is 137 g/mol. The lowest BCUT2D eigenvalue weighted by molar-refractivity contribution is 1.28. The molecule has 56 valence electrons. The highest BCUT2D eigenvalue weighted by Crippen LogP contribution is 1.94. The van der Waals surface area contributed by atoms with Gasteiger partial charge < -0.3 is 0 Å². The molecule has 1 nitrogen and oxygen atoms in total. The molecule has 0 aliphatic heterocycles. The van der Waals surface area contributed by atoms with Crippen LogP contribution in [0.4, 0.5) is 0 Å². The van der Waals surface area contributed by atoms with Gasteiger partial charge in [0.25, 0.3) is 0 Å². The molecule has 0 bridgehead atoms. The van der Waals surface area contributed by atoms with Crippen LogP contribution in [-0.2, 0) is 0 Å². The molecule has 0 unspecified atom stereocenters. The Hall–Kier alpha value is -0.850. The quantitative estimate of drug-likeness (QED) is 0.519. The summed E-state index contributed by atoms with van der Waals surface area (Å²) in [6, 6.07) is 0. The van der Waals surface area contributed by atoms with Crippen molar-refractivity contribution in [3.63, 3.8) is 0 Å². The van der Waals surface area contributed by atoms with Crippen LogP contribution in [-0.4, -0.2) is 5.71 Å². The molecule has 0 N–H and O–H groups in total. The van der Waals surface area contributed by atoms with Crippen LogP contribution >= 0.6 is 0 Å². The molecule has 1 heteroatoms. The topological polar surface area (TPSA) is 12.4 Å². The van der Waals surface area contributed by atoms with Gasteiger partial charge in [0.15, 0.2) is 0 Å². The maximum absolute atomic E-state index is 4.28. The molecule has 0 spiro atoms. The molecule has 0 aliphatic rings. The lowest BCUT2D eigenvalue weighted by Gasteiger charge is -1.91. The normalized spacial score (nSPS) is 14.8. The van der Waals surface area contributed by atoms with Crippen LogP contribution in [0.5, 0.6) is 0 Å². The first-order chi connectivity index (χ1) is 4.70. The number of hydrogen-bond donors (Lipinski definition) is 0. The van der Waals surface area contributed by atoms with Gasteiger partial charge in [-0.1, -0.05) is 12.2 Å². The van der Waals surface area contributed by atoms with E-state index in [0.717, 1.165) is 11.4 Å². The summed E-state index contributed by atoms with van der Waals surface area (Å²) in [7, 11) is 0. The lowest BCUT2D eigenvalue weighted by Crippen LogP contribution is -1.83. The highest BCUT2D eigenvalue weighted by atomic mass is 14.7. The Morgan fingerprint density at radius 1 is 1.20 bits per heavy atom. The summed E-state index contributed by atoms with van der Waals surface area (Å²) >= 11 is 0. The smallest absolute Gasteiger partial charge is 0.0372 e. The summed E-state index contributed by atoms with van der Waals surface area (Å²) in [5.41, 5.74) is 2.12. The first-order valence-electron chi connectivity index (χ1n) is 3.51. The van der Waals surface area contributed by atoms with Gasteiger partial charge >= 0.3 is 0 Å². The van der Waals surface area contributed by atoms with Crippen molar-refractivity contribution in [2.45, 2.75) is 27.7 Å². The fraction of sp³-hybridized carbons (Fsp3) is 0.444. The highest BCUT2D eigenvalue weighted by molar-refractivity contribution is 5.93. The van der Waals surface area contributed by atoms with E-state index < -0.39 is 0 Å². The second-order valence-corrected chi connectivity index (χ2v) is 2.18. The van der Waals surface area contributed by atoms with E-state index >= 15 is 0 Å². The van der Waals surface area contributed by atoms with Crippen molar-refractivity contribution in [2.75, 3.05) is 0 Å². The molecule has 0 aromatic rings. The molecule has 0 aliphatic carbocycles. The molecule has 0 radical (unpaired) electrons. The van der Waals surface area contributed by atoms with E-state index in [0.29, 0.717) is 0 Å². The Balaban J connectivity index is 4.16. The Labute approximate surface area is 63.2 Å². The van der Waals surface area contributed by atoms with E-state index in [1.165, 1.54) is 0 Å². The predicted octanol–water partition coefficient (Wildman–Crippen LogP) is 2.95. The van der Waals surface area contributed by atoms with Crippen molar-refractivity contribution in [1.29, 1.82) is 0 Å². The van der Waals surface area contributed by atoms with Crippen LogP contribution in [0.25, 0.3) is 0 Å². The van der Waals surface area contributed by atoms with Crippen molar-refractivity contribution in [3.05, 3.63) is 23.9 Å². The molecular formula is C9H15N. The third-order valence-electron chi connectivity index (χ3n) is 1.18. The summed E-state index contributed by atoms with van der Waals surface area (Å²) in [6.07, 6.45) is 5.97. The Kier molecular flexibility index (Phi) is 4.55. The van der Waals surface area contributed by atoms with Gasteiger partial charge in [0, 0.05) is 11.4 Å². The zero-order valence-electron chi connectivity index (χ0n) is 7.18. The number of aliphatic imine (C=N–C) groups is 1. The van der Waals surface area contributed by atoms with Crippen LogP contribution in [0.1, 0.15) is 27.7 Å². The van der Waals surface area contributed by atoms with Gasteiger partial charge in [-0.15, -0.1) is 0 Å². The van der Waals surface area contributed by atoms with E-state index in [1.54, 1.807) is 0 Å². The molecule has 10 heavy (non-hydrogen) atoms. The summed E-state index contributed by atoms with van der Waals surface area (Å²) in [5.74, 6) is 0. The van der Waals surface area contributed by atoms with Crippen molar-refractivity contribution < 1.29 is 0 Å². The SMILES string of the molecule is C\C=C/C(C)=N\C(C)=C/C. The van der Waals surface area contributed by atoms with Crippen LogP contribution in [0.2, 0.25) is 0 Å². The van der Waals surface area contributed by atoms with Gasteiger partial charge in [0.2, 0.25) is 0 Å². The minimum atomic E-state index is 1.05. The Morgan fingerprint density at radius 2 is 1.80 bits per heavy atom. The highest BCUT2D eigenvalue weighted by Gasteiger charge is 1.82. The second-order valence-electron chi connectivity index (χ2n) is 2.18. The van der Waals surface area contributed by atoms with E-state index in [4.69, 9.17) is 0 Å². The second kappa shape index (κ2) is 4.98. The van der Waals surface area contributed by atoms with Crippen molar-refractivity contribution >= 4 is 5.71 Å². The van der Waals surface area contributed by atoms with Crippen molar-refractivity contribution in [3.8, 4) is 0 Å². The minimum Gasteiger partial charge on any atom is -0.259 e. The predicted molar refractivity (Wildman–Crippen MR) is 47.4 cm³/mol. The van der Waals surface area contributed by atoms with Crippen molar-refractivity contribution in [2.24, 2.45) is 4.99 Å². The van der Waals surface area contributed by atoms with Gasteiger partial charge in [0.1, 0.15) is 0 Å². The van der Waals surface area contributed by atoms with Crippen LogP contribution in [0.15, 0.2) is 28.9 Å². The molecule has 0 fully saturated rings. The first kappa shape index (κ1) is 9.15. The summed E-state index contributed by atoms with van der Waals surface area (Å²) < 4.78 is 0. The van der Waals surface area contributed by atoms with Crippen LogP contribution < -0.4 is 0 Å². The average Bonchev–Trinajstić information content (AvgIpc) is 1.88. The third kappa shape index (κ3) is 4.07. The van der Waals surface area contributed by atoms with E-state index in [1.807, 2.05) is 45.9 Å². The van der Waals surface area contributed by atoms with Gasteiger partial charge in [-0.3, -0.25) is 4.99 Å². The van der Waals surface area contributed by atoms with Crippen molar-refractivity contribution in [1.82, 2.24) is 0 Å². The van der Waals surface area contributed by atoms with E-state index in [2.05, 4.69) is 4.99 Å². The molecule has 0 heterocycles. The van der Waals surface area contributed by atoms with Gasteiger partial charge in [0.05, 0.1) is 0 Å². The minimum absolute atomic E-state index is 1.05. The first-order valence-corrected chi connectivity index (χ1v) is 3.51. The van der Waals surface area contributed by atoms with Gasteiger partial charge in [-0.05, 0) is 33.8 Å². The van der Waals surface area contributed by atoms with Crippen LogP contribution in [0.3, 0.4) is 0 Å². The molecule has 0 saturated heterocycles. The molecule has 0 rings (SSSR count). The fourth-order valence-electron chi connectivity index (χ4n) is 0.621. The largest absolute Gasteiger partial charge is 0.259 e. The molecule has 0 saturated carbocycles. The Morgan fingerprint density at radius 3 is 2.20 bits per heavy atom. The van der Waals surface area contributed by atoms with E-state index in [9.17, 15) is 0 Å². The lowest BCUT2D eigenvalue weighted by atomic mass is 10.3. The zero-order valence-corrected chi connectivity index (χ0v) is 7.18. The third-order valence-corrected chi connectivity index (χ3v) is 1.18. The summed E-state index contributed by atoms with van der Waals surface area (Å²) in [5, 5.41) is 0. The standard InChI is InChI=1S/C9H15N/c1-5-7-9(4)10-8(3)6-2/h5-7H,1-4H3/b7-5-,8-6-,10-9-. The van der Waals surface area contributed by atoms with Gasteiger partial charge in [-0.2, -0.15) is 0 Å². The number of hydrogen-bond acceptors (Lipinski definition) is 1. The molecule has 0 amide bonds. The maximum atomic E-state index is 4.28. The Bertz CT molecular complexity index is 173. The maximum Gasteiger partial charge on any atom is 0.0372 e. The number of allylic oxidation sites excluding steroid dienone is 4. The molecule has 0 atom stereocenters. The summed E-state index contributed by atoms with van der Waals surface area (Å²) in [4.78, 5) is 4.28. The number of nitrogens with zero attached hydrogens (tertiary/aromatic N) is 1. The van der Waals surface area contributed by atoms with E-state index in [-0.39, 0.29) is 0 Å².